The Morgan fingerprint density at radius 3 is 2.92 bits per heavy atom. The maximum atomic E-state index is 9.82. The molecule has 24 heavy (non-hydrogen) atoms. The minimum atomic E-state index is -0.267. The molecule has 0 amide bonds. The Balaban J connectivity index is 1.63. The van der Waals surface area contributed by atoms with Crippen molar-refractivity contribution in [2.45, 2.75) is 51.7 Å². The number of aliphatic hydroxyl groups is 1. The first-order valence-electron chi connectivity index (χ1n) is 8.36. The number of rotatable bonds is 4. The molecule has 7 heteroatoms. The SMILES string of the molecule is CC(C)(C)c1csc(CNc2nccc(N3CCC[C@H](O)C3)n2)n1. The average molecular weight is 347 g/mol. The summed E-state index contributed by atoms with van der Waals surface area (Å²) in [5.74, 6) is 1.46. The first kappa shape index (κ1) is 17.1. The lowest BCUT2D eigenvalue weighted by Crippen LogP contribution is -2.38. The van der Waals surface area contributed by atoms with Crippen LogP contribution in [-0.2, 0) is 12.0 Å². The maximum Gasteiger partial charge on any atom is 0.224 e. The van der Waals surface area contributed by atoms with Crippen LogP contribution in [0.25, 0.3) is 0 Å². The molecule has 6 nitrogen and oxygen atoms in total. The smallest absolute Gasteiger partial charge is 0.224 e. The van der Waals surface area contributed by atoms with E-state index in [0.29, 0.717) is 19.0 Å². The number of nitrogens with zero attached hydrogens (tertiary/aromatic N) is 4. The molecule has 0 radical (unpaired) electrons. The van der Waals surface area contributed by atoms with Gasteiger partial charge < -0.3 is 15.3 Å². The summed E-state index contributed by atoms with van der Waals surface area (Å²) in [4.78, 5) is 15.6. The third-order valence-corrected chi connectivity index (χ3v) is 4.93. The molecular formula is C17H25N5OS. The van der Waals surface area contributed by atoms with Gasteiger partial charge in [-0.15, -0.1) is 11.3 Å². The summed E-state index contributed by atoms with van der Waals surface area (Å²) in [6, 6.07) is 1.89. The number of hydrogen-bond acceptors (Lipinski definition) is 7. The van der Waals surface area contributed by atoms with E-state index in [0.717, 1.165) is 35.9 Å². The van der Waals surface area contributed by atoms with Gasteiger partial charge in [0.25, 0.3) is 0 Å². The van der Waals surface area contributed by atoms with Crippen molar-refractivity contribution in [1.29, 1.82) is 0 Å². The monoisotopic (exact) mass is 347 g/mol. The van der Waals surface area contributed by atoms with Gasteiger partial charge in [-0.3, -0.25) is 0 Å². The molecule has 1 saturated heterocycles. The summed E-state index contributed by atoms with van der Waals surface area (Å²) < 4.78 is 0. The van der Waals surface area contributed by atoms with Crippen LogP contribution in [0, 0.1) is 0 Å². The van der Waals surface area contributed by atoms with E-state index in [1.807, 2.05) is 6.07 Å². The van der Waals surface area contributed by atoms with Gasteiger partial charge in [0.1, 0.15) is 10.8 Å². The quantitative estimate of drug-likeness (QED) is 0.886. The molecule has 0 unspecified atom stereocenters. The van der Waals surface area contributed by atoms with Crippen LogP contribution in [-0.4, -0.2) is 39.3 Å². The Kier molecular flexibility index (Phi) is 5.01. The Morgan fingerprint density at radius 2 is 2.21 bits per heavy atom. The highest BCUT2D eigenvalue weighted by Gasteiger charge is 2.19. The van der Waals surface area contributed by atoms with Gasteiger partial charge in [0, 0.05) is 30.1 Å². The highest BCUT2D eigenvalue weighted by atomic mass is 32.1. The van der Waals surface area contributed by atoms with Gasteiger partial charge in [0.05, 0.1) is 18.3 Å². The predicted octanol–water partition coefficient (Wildman–Crippen LogP) is 2.80. The highest BCUT2D eigenvalue weighted by molar-refractivity contribution is 7.09. The topological polar surface area (TPSA) is 74.2 Å². The summed E-state index contributed by atoms with van der Waals surface area (Å²) in [5, 5.41) is 16.2. The van der Waals surface area contributed by atoms with Crippen LogP contribution < -0.4 is 10.2 Å². The fraction of sp³-hybridized carbons (Fsp3) is 0.588. The summed E-state index contributed by atoms with van der Waals surface area (Å²) in [7, 11) is 0. The van der Waals surface area contributed by atoms with Crippen LogP contribution >= 0.6 is 11.3 Å². The lowest BCUT2D eigenvalue weighted by molar-refractivity contribution is 0.154. The van der Waals surface area contributed by atoms with Crippen molar-refractivity contribution in [1.82, 2.24) is 15.0 Å². The molecular weight excluding hydrogens is 322 g/mol. The van der Waals surface area contributed by atoms with E-state index in [1.54, 1.807) is 17.5 Å². The van der Waals surface area contributed by atoms with Crippen molar-refractivity contribution in [2.24, 2.45) is 0 Å². The second-order valence-electron chi connectivity index (χ2n) is 7.21. The summed E-state index contributed by atoms with van der Waals surface area (Å²) in [6.07, 6.45) is 3.35. The zero-order valence-corrected chi connectivity index (χ0v) is 15.3. The number of hydrogen-bond donors (Lipinski definition) is 2. The summed E-state index contributed by atoms with van der Waals surface area (Å²) in [6.45, 7) is 8.68. The second-order valence-corrected chi connectivity index (χ2v) is 8.15. The number of aromatic nitrogens is 3. The molecule has 1 atom stereocenters. The van der Waals surface area contributed by atoms with E-state index in [9.17, 15) is 5.11 Å². The van der Waals surface area contributed by atoms with E-state index >= 15 is 0 Å². The van der Waals surface area contributed by atoms with Gasteiger partial charge >= 0.3 is 0 Å². The Bertz CT molecular complexity index is 682. The minimum Gasteiger partial charge on any atom is -0.391 e. The number of aliphatic hydroxyl groups excluding tert-OH is 1. The van der Waals surface area contributed by atoms with E-state index in [1.165, 1.54) is 0 Å². The van der Waals surface area contributed by atoms with E-state index in [4.69, 9.17) is 0 Å². The molecule has 2 aromatic heterocycles. The van der Waals surface area contributed by atoms with Crippen molar-refractivity contribution in [2.75, 3.05) is 23.3 Å². The number of thiazole rings is 1. The summed E-state index contributed by atoms with van der Waals surface area (Å²) in [5.41, 5.74) is 1.18. The largest absolute Gasteiger partial charge is 0.391 e. The molecule has 1 fully saturated rings. The molecule has 130 valence electrons. The third kappa shape index (κ3) is 4.21. The number of piperidine rings is 1. The fourth-order valence-electron chi connectivity index (χ4n) is 2.66. The molecule has 0 aromatic carbocycles. The van der Waals surface area contributed by atoms with Gasteiger partial charge in [-0.1, -0.05) is 20.8 Å². The van der Waals surface area contributed by atoms with Crippen LogP contribution in [0.3, 0.4) is 0 Å². The van der Waals surface area contributed by atoms with Crippen LogP contribution in [0.4, 0.5) is 11.8 Å². The lowest BCUT2D eigenvalue weighted by atomic mass is 9.93. The van der Waals surface area contributed by atoms with Crippen LogP contribution in [0.15, 0.2) is 17.6 Å². The molecule has 1 aliphatic heterocycles. The molecule has 2 aromatic rings. The lowest BCUT2D eigenvalue weighted by Gasteiger charge is -2.31. The van der Waals surface area contributed by atoms with Crippen molar-refractivity contribution in [3.05, 3.63) is 28.3 Å². The molecule has 3 heterocycles. The van der Waals surface area contributed by atoms with E-state index in [-0.39, 0.29) is 11.5 Å². The molecule has 1 aliphatic rings. The number of anilines is 2. The Hall–Kier alpha value is -1.73. The molecule has 0 saturated carbocycles. The van der Waals surface area contributed by atoms with Gasteiger partial charge in [0.15, 0.2) is 0 Å². The molecule has 0 aliphatic carbocycles. The van der Waals surface area contributed by atoms with Crippen molar-refractivity contribution >= 4 is 23.1 Å². The van der Waals surface area contributed by atoms with Crippen molar-refractivity contribution in [3.63, 3.8) is 0 Å². The van der Waals surface area contributed by atoms with Crippen LogP contribution in [0.5, 0.6) is 0 Å². The number of β-amino-alcohol motifs (C(OH)–C–C–N with tert-alkyl or cyclic N) is 1. The standard InChI is InChI=1S/C17H25N5OS/c1-17(2,3)13-11-24-15(20-13)9-19-16-18-7-6-14(21-16)22-8-4-5-12(23)10-22/h6-7,11-12,23H,4-5,8-10H2,1-3H3,(H,18,19,21)/t12-/m0/s1. The first-order valence-corrected chi connectivity index (χ1v) is 9.24. The van der Waals surface area contributed by atoms with Crippen LogP contribution in [0.1, 0.15) is 44.3 Å². The first-order chi connectivity index (χ1) is 11.4. The van der Waals surface area contributed by atoms with Crippen molar-refractivity contribution in [3.8, 4) is 0 Å². The zero-order valence-electron chi connectivity index (χ0n) is 14.5. The Labute approximate surface area is 147 Å². The fourth-order valence-corrected chi connectivity index (χ4v) is 3.63. The van der Waals surface area contributed by atoms with Gasteiger partial charge in [-0.05, 0) is 18.9 Å². The maximum absolute atomic E-state index is 9.82. The van der Waals surface area contributed by atoms with Crippen LogP contribution in [0.2, 0.25) is 0 Å². The van der Waals surface area contributed by atoms with Gasteiger partial charge in [-0.25, -0.2) is 9.97 Å². The average Bonchev–Trinajstić information content (AvgIpc) is 3.02. The van der Waals surface area contributed by atoms with Gasteiger partial charge in [-0.2, -0.15) is 4.98 Å². The van der Waals surface area contributed by atoms with Gasteiger partial charge in [0.2, 0.25) is 5.95 Å². The van der Waals surface area contributed by atoms with E-state index in [2.05, 4.69) is 51.3 Å². The summed E-state index contributed by atoms with van der Waals surface area (Å²) >= 11 is 1.66. The molecule has 3 rings (SSSR count). The zero-order chi connectivity index (χ0) is 17.2. The van der Waals surface area contributed by atoms with Crippen molar-refractivity contribution < 1.29 is 5.11 Å². The number of nitrogens with one attached hydrogen (secondary N) is 1. The molecule has 0 bridgehead atoms. The second kappa shape index (κ2) is 7.03. The highest BCUT2D eigenvalue weighted by Crippen LogP contribution is 2.24. The predicted molar refractivity (Wildman–Crippen MR) is 97.6 cm³/mol. The van der Waals surface area contributed by atoms with E-state index < -0.39 is 0 Å². The minimum absolute atomic E-state index is 0.0697. The molecule has 2 N–H and O–H groups in total. The molecule has 0 spiro atoms. The third-order valence-electron chi connectivity index (χ3n) is 4.08. The normalized spacial score (nSPS) is 18.7. The Morgan fingerprint density at radius 1 is 1.38 bits per heavy atom.